The molecule has 172 valence electrons. The van der Waals surface area contributed by atoms with Crippen LogP contribution in [0.1, 0.15) is 25.3 Å². The fourth-order valence-corrected chi connectivity index (χ4v) is 5.09. The number of hydrogen-bond acceptors (Lipinski definition) is 4. The van der Waals surface area contributed by atoms with Crippen molar-refractivity contribution in [3.8, 4) is 0 Å². The van der Waals surface area contributed by atoms with Gasteiger partial charge in [-0.1, -0.05) is 29.3 Å². The van der Waals surface area contributed by atoms with Crippen molar-refractivity contribution in [2.45, 2.75) is 37.6 Å². The molecule has 1 fully saturated rings. The minimum absolute atomic E-state index is 0.119. The molecule has 1 aliphatic rings. The molecule has 2 aromatic carbocycles. The Morgan fingerprint density at radius 3 is 2.34 bits per heavy atom. The van der Waals surface area contributed by atoms with Crippen LogP contribution in [0.15, 0.2) is 47.4 Å². The van der Waals surface area contributed by atoms with Crippen LogP contribution in [0.3, 0.4) is 0 Å². The molecule has 10 heteroatoms. The van der Waals surface area contributed by atoms with E-state index in [1.165, 1.54) is 23.4 Å². The van der Waals surface area contributed by atoms with Crippen LogP contribution < -0.4 is 10.6 Å². The Morgan fingerprint density at radius 1 is 1.12 bits per heavy atom. The first-order valence-electron chi connectivity index (χ1n) is 10.2. The van der Waals surface area contributed by atoms with Gasteiger partial charge in [0.25, 0.3) is 0 Å². The molecule has 2 N–H and O–H groups in total. The fraction of sp³-hybridized carbons (Fsp3) is 0.364. The molecule has 2 aromatic rings. The van der Waals surface area contributed by atoms with Gasteiger partial charge in [-0.15, -0.1) is 0 Å². The van der Waals surface area contributed by atoms with E-state index in [1.807, 2.05) is 6.92 Å². The van der Waals surface area contributed by atoms with E-state index in [0.717, 1.165) is 11.6 Å². The Bertz CT molecular complexity index is 1100. The van der Waals surface area contributed by atoms with Crippen molar-refractivity contribution in [3.63, 3.8) is 0 Å². The van der Waals surface area contributed by atoms with Crippen molar-refractivity contribution in [2.24, 2.45) is 5.92 Å². The molecule has 0 aliphatic carbocycles. The Labute approximate surface area is 192 Å². The van der Waals surface area contributed by atoms with Crippen LogP contribution in [0, 0.1) is 18.7 Å². The van der Waals surface area contributed by atoms with Crippen molar-refractivity contribution in [2.75, 3.05) is 18.4 Å². The number of aryl methyl sites for hydroxylation is 1. The Hall–Kier alpha value is -2.49. The topological polar surface area (TPSA) is 95.6 Å². The normalized spacial score (nSPS) is 16.4. The van der Waals surface area contributed by atoms with E-state index in [4.69, 9.17) is 11.6 Å². The summed E-state index contributed by atoms with van der Waals surface area (Å²) in [7, 11) is -3.61. The predicted octanol–water partition coefficient (Wildman–Crippen LogP) is 3.33. The monoisotopic (exact) mass is 481 g/mol. The smallest absolute Gasteiger partial charge is 0.246 e. The SMILES string of the molecule is Cc1ccc(S(=O)(=O)N2CCC(C(=O)NC(C)C(=O)Nc3ccc(F)c(Cl)c3)CC2)cc1. The van der Waals surface area contributed by atoms with Crippen LogP contribution >= 0.6 is 11.6 Å². The van der Waals surface area contributed by atoms with Gasteiger partial charge in [-0.2, -0.15) is 4.31 Å². The van der Waals surface area contributed by atoms with Crippen molar-refractivity contribution >= 4 is 39.1 Å². The van der Waals surface area contributed by atoms with E-state index >= 15 is 0 Å². The second-order valence-corrected chi connectivity index (χ2v) is 10.2. The number of carbonyl (C=O) groups excluding carboxylic acids is 2. The van der Waals surface area contributed by atoms with Crippen molar-refractivity contribution in [3.05, 3.63) is 58.9 Å². The maximum atomic E-state index is 13.2. The van der Waals surface area contributed by atoms with Crippen LogP contribution in [-0.2, 0) is 19.6 Å². The van der Waals surface area contributed by atoms with E-state index in [2.05, 4.69) is 10.6 Å². The van der Waals surface area contributed by atoms with Gasteiger partial charge in [-0.05, 0) is 57.0 Å². The third kappa shape index (κ3) is 5.65. The van der Waals surface area contributed by atoms with Gasteiger partial charge in [-0.3, -0.25) is 9.59 Å². The highest BCUT2D eigenvalue weighted by molar-refractivity contribution is 7.89. The lowest BCUT2D eigenvalue weighted by molar-refractivity contribution is -0.129. The Kier molecular flexibility index (Phi) is 7.53. The Morgan fingerprint density at radius 2 is 1.75 bits per heavy atom. The lowest BCUT2D eigenvalue weighted by Crippen LogP contribution is -2.47. The molecule has 0 radical (unpaired) electrons. The van der Waals surface area contributed by atoms with Gasteiger partial charge in [0, 0.05) is 24.7 Å². The molecule has 1 unspecified atom stereocenters. The molecule has 0 saturated carbocycles. The number of amides is 2. The van der Waals surface area contributed by atoms with Gasteiger partial charge in [0.2, 0.25) is 21.8 Å². The highest BCUT2D eigenvalue weighted by atomic mass is 35.5. The van der Waals surface area contributed by atoms with Gasteiger partial charge >= 0.3 is 0 Å². The summed E-state index contributed by atoms with van der Waals surface area (Å²) in [6, 6.07) is 9.63. The number of piperidine rings is 1. The summed E-state index contributed by atoms with van der Waals surface area (Å²) in [6.07, 6.45) is 0.720. The molecule has 1 saturated heterocycles. The molecule has 1 heterocycles. The van der Waals surface area contributed by atoms with Crippen LogP contribution in [0.4, 0.5) is 10.1 Å². The van der Waals surface area contributed by atoms with Crippen LogP contribution in [-0.4, -0.2) is 43.7 Å². The number of sulfonamides is 1. The highest BCUT2D eigenvalue weighted by Crippen LogP contribution is 2.24. The summed E-state index contributed by atoms with van der Waals surface area (Å²) in [6.45, 7) is 3.87. The average Bonchev–Trinajstić information content (AvgIpc) is 2.76. The van der Waals surface area contributed by atoms with Crippen LogP contribution in [0.2, 0.25) is 5.02 Å². The van der Waals surface area contributed by atoms with E-state index in [9.17, 15) is 22.4 Å². The first-order chi connectivity index (χ1) is 15.1. The molecule has 1 atom stereocenters. The standard InChI is InChI=1S/C22H25ClFN3O4S/c1-14-3-6-18(7-4-14)32(30,31)27-11-9-16(10-12-27)22(29)25-15(2)21(28)26-17-5-8-20(24)19(23)13-17/h3-8,13,15-16H,9-12H2,1-2H3,(H,25,29)(H,26,28). The van der Waals surface area contributed by atoms with Crippen molar-refractivity contribution in [1.82, 2.24) is 9.62 Å². The molecule has 2 amide bonds. The third-order valence-electron chi connectivity index (χ3n) is 5.42. The van der Waals surface area contributed by atoms with Gasteiger partial charge in [-0.25, -0.2) is 12.8 Å². The van der Waals surface area contributed by atoms with Crippen molar-refractivity contribution < 1.29 is 22.4 Å². The van der Waals surface area contributed by atoms with Gasteiger partial charge in [0.15, 0.2) is 0 Å². The summed E-state index contributed by atoms with van der Waals surface area (Å²) in [5, 5.41) is 5.12. The highest BCUT2D eigenvalue weighted by Gasteiger charge is 2.32. The number of hydrogen-bond donors (Lipinski definition) is 2. The van der Waals surface area contributed by atoms with Crippen molar-refractivity contribution in [1.29, 1.82) is 0 Å². The number of benzene rings is 2. The number of halogens is 2. The number of nitrogens with one attached hydrogen (secondary N) is 2. The molecule has 0 spiro atoms. The van der Waals surface area contributed by atoms with Gasteiger partial charge in [0.05, 0.1) is 9.92 Å². The summed E-state index contributed by atoms with van der Waals surface area (Å²) < 4.78 is 40.2. The van der Waals surface area contributed by atoms with E-state index < -0.39 is 33.7 Å². The number of rotatable bonds is 6. The lowest BCUT2D eigenvalue weighted by Gasteiger charge is -2.31. The van der Waals surface area contributed by atoms with E-state index in [1.54, 1.807) is 24.3 Å². The van der Waals surface area contributed by atoms with E-state index in [-0.39, 0.29) is 28.9 Å². The van der Waals surface area contributed by atoms with Crippen LogP contribution in [0.25, 0.3) is 0 Å². The fourth-order valence-electron chi connectivity index (χ4n) is 3.44. The number of anilines is 1. The summed E-state index contributed by atoms with van der Waals surface area (Å²) in [5.74, 6) is -1.77. The predicted molar refractivity (Wildman–Crippen MR) is 120 cm³/mol. The zero-order valence-corrected chi connectivity index (χ0v) is 19.3. The summed E-state index contributed by atoms with van der Waals surface area (Å²) in [5.41, 5.74) is 1.29. The minimum Gasteiger partial charge on any atom is -0.344 e. The first kappa shape index (κ1) is 24.2. The van der Waals surface area contributed by atoms with Crippen LogP contribution in [0.5, 0.6) is 0 Å². The maximum absolute atomic E-state index is 13.2. The molecule has 7 nitrogen and oxygen atoms in total. The zero-order valence-electron chi connectivity index (χ0n) is 17.8. The molecule has 3 rings (SSSR count). The second-order valence-electron chi connectivity index (χ2n) is 7.84. The van der Waals surface area contributed by atoms with Gasteiger partial charge < -0.3 is 10.6 Å². The molecule has 1 aliphatic heterocycles. The molecular weight excluding hydrogens is 457 g/mol. The average molecular weight is 482 g/mol. The minimum atomic E-state index is -3.61. The molecule has 0 aromatic heterocycles. The first-order valence-corrected chi connectivity index (χ1v) is 12.0. The van der Waals surface area contributed by atoms with Gasteiger partial charge in [0.1, 0.15) is 11.9 Å². The summed E-state index contributed by atoms with van der Waals surface area (Å²) in [4.78, 5) is 25.2. The number of carbonyl (C=O) groups is 2. The van der Waals surface area contributed by atoms with E-state index in [0.29, 0.717) is 18.5 Å². The largest absolute Gasteiger partial charge is 0.344 e. The number of nitrogens with zero attached hydrogens (tertiary/aromatic N) is 1. The Balaban J connectivity index is 1.53. The lowest BCUT2D eigenvalue weighted by atomic mass is 9.97. The summed E-state index contributed by atoms with van der Waals surface area (Å²) >= 11 is 5.71. The maximum Gasteiger partial charge on any atom is 0.246 e. The molecule has 32 heavy (non-hydrogen) atoms. The molecule has 0 bridgehead atoms. The second kappa shape index (κ2) is 9.97. The zero-order chi connectivity index (χ0) is 23.5. The quantitative estimate of drug-likeness (QED) is 0.661. The molecular formula is C22H25ClFN3O4S. The third-order valence-corrected chi connectivity index (χ3v) is 7.63.